The third kappa shape index (κ3) is 22.5. The van der Waals surface area contributed by atoms with Crippen molar-refractivity contribution in [2.45, 2.75) is 159 Å². The summed E-state index contributed by atoms with van der Waals surface area (Å²) >= 11 is 0. The molecule has 0 unspecified atom stereocenters. The number of hydrogen-bond acceptors (Lipinski definition) is 12. The molecule has 1 aromatic rings. The SMILES string of the molecule is CCC[C@H](NC(=O)[C@H](CCCN=C(N)N)NC(=O)[C@H](CC1CCCCC1)NC(=O)[C@@H](N)CCCN=C(N)N)C(=O)N[C@@H](Cc1ccc(O)cc1)C(=O)N[C@@H](CN)C(=O)N[C@@H](CCC(C)C)C(N)=O. The Kier molecular flexibility index (Phi) is 26.3. The second-order valence-electron chi connectivity index (χ2n) is 17.9. The topological polar surface area (TPSA) is 419 Å². The van der Waals surface area contributed by atoms with E-state index in [1.165, 1.54) is 12.1 Å². The predicted molar refractivity (Wildman–Crippen MR) is 260 cm³/mol. The number of nitrogens with one attached hydrogen (secondary N) is 6. The van der Waals surface area contributed by atoms with E-state index >= 15 is 0 Å². The summed E-state index contributed by atoms with van der Waals surface area (Å²) in [5.41, 5.74) is 40.1. The van der Waals surface area contributed by atoms with E-state index in [-0.39, 0.29) is 87.7 Å². The van der Waals surface area contributed by atoms with Gasteiger partial charge < -0.3 is 77.1 Å². The Morgan fingerprint density at radius 3 is 1.60 bits per heavy atom. The van der Waals surface area contributed by atoms with Crippen LogP contribution in [-0.2, 0) is 40.0 Å². The van der Waals surface area contributed by atoms with E-state index in [1.54, 1.807) is 19.1 Å². The van der Waals surface area contributed by atoms with Crippen LogP contribution in [0.3, 0.4) is 0 Å². The van der Waals surface area contributed by atoms with Crippen LogP contribution in [-0.4, -0.2) is 120 Å². The first-order valence-corrected chi connectivity index (χ1v) is 23.7. The first-order valence-electron chi connectivity index (χ1n) is 23.7. The summed E-state index contributed by atoms with van der Waals surface area (Å²) in [5.74, 6) is -4.90. The van der Waals surface area contributed by atoms with Crippen LogP contribution in [0.1, 0.15) is 116 Å². The van der Waals surface area contributed by atoms with Crippen LogP contribution < -0.4 is 72.0 Å². The van der Waals surface area contributed by atoms with E-state index in [0.717, 1.165) is 32.1 Å². The Bertz CT molecular complexity index is 1830. The molecule has 1 aliphatic carbocycles. The highest BCUT2D eigenvalue weighted by Crippen LogP contribution is 2.27. The highest BCUT2D eigenvalue weighted by Gasteiger charge is 2.34. The molecule has 1 aliphatic rings. The Morgan fingerprint density at radius 2 is 1.07 bits per heavy atom. The zero-order valence-electron chi connectivity index (χ0n) is 40.0. The van der Waals surface area contributed by atoms with Gasteiger partial charge in [-0.25, -0.2) is 0 Å². The Balaban J connectivity index is 2.39. The minimum absolute atomic E-state index is 0.0335. The molecule has 21 N–H and O–H groups in total. The number of phenols is 1. The summed E-state index contributed by atoms with van der Waals surface area (Å²) < 4.78 is 0. The lowest BCUT2D eigenvalue weighted by Gasteiger charge is -2.29. The lowest BCUT2D eigenvalue weighted by molar-refractivity contribution is -0.135. The summed E-state index contributed by atoms with van der Waals surface area (Å²) in [7, 11) is 0. The number of carbonyl (C=O) groups excluding carboxylic acids is 7. The number of amides is 7. The lowest BCUT2D eigenvalue weighted by atomic mass is 9.84. The summed E-state index contributed by atoms with van der Waals surface area (Å²) in [6.07, 6.45) is 7.25. The maximum Gasteiger partial charge on any atom is 0.244 e. The molecule has 0 aliphatic heterocycles. The number of aromatic hydroxyl groups is 1. The summed E-state index contributed by atoms with van der Waals surface area (Å²) in [6.45, 7) is 5.71. The molecule has 7 atom stereocenters. The van der Waals surface area contributed by atoms with Gasteiger partial charge in [0.25, 0.3) is 0 Å². The first kappa shape index (κ1) is 57.9. The van der Waals surface area contributed by atoms with Crippen molar-refractivity contribution in [3.8, 4) is 5.75 Å². The summed E-state index contributed by atoms with van der Waals surface area (Å²) in [5, 5.41) is 26.1. The van der Waals surface area contributed by atoms with Crippen molar-refractivity contribution in [3.05, 3.63) is 29.8 Å². The number of guanidine groups is 2. The summed E-state index contributed by atoms with van der Waals surface area (Å²) in [4.78, 5) is 103. The Morgan fingerprint density at radius 1 is 0.603 bits per heavy atom. The van der Waals surface area contributed by atoms with Gasteiger partial charge in [0.05, 0.1) is 6.04 Å². The van der Waals surface area contributed by atoms with Crippen LogP contribution in [0.25, 0.3) is 0 Å². The molecule has 23 nitrogen and oxygen atoms in total. The van der Waals surface area contributed by atoms with Gasteiger partial charge in [-0.3, -0.25) is 43.5 Å². The molecule has 0 spiro atoms. The maximum atomic E-state index is 14.2. The second-order valence-corrected chi connectivity index (χ2v) is 17.9. The lowest BCUT2D eigenvalue weighted by Crippen LogP contribution is -2.61. The first-order chi connectivity index (χ1) is 32.2. The van der Waals surface area contributed by atoms with Crippen molar-refractivity contribution in [1.29, 1.82) is 0 Å². The second kappa shape index (κ2) is 30.9. The number of nitrogens with two attached hydrogens (primary N) is 7. The van der Waals surface area contributed by atoms with Crippen molar-refractivity contribution in [1.82, 2.24) is 31.9 Å². The van der Waals surface area contributed by atoms with Crippen LogP contribution in [0.4, 0.5) is 0 Å². The van der Waals surface area contributed by atoms with Crippen molar-refractivity contribution in [2.75, 3.05) is 19.6 Å². The molecule has 2 rings (SSSR count). The normalized spacial score (nSPS) is 15.7. The number of carbonyl (C=O) groups is 7. The molecule has 7 amide bonds. The molecule has 0 saturated heterocycles. The fraction of sp³-hybridized carbons (Fsp3) is 0.667. The molecule has 0 heterocycles. The van der Waals surface area contributed by atoms with E-state index < -0.39 is 83.6 Å². The number of rotatable bonds is 31. The molecule has 1 saturated carbocycles. The Labute approximate surface area is 399 Å². The minimum atomic E-state index is -1.34. The van der Waals surface area contributed by atoms with Crippen LogP contribution in [0.5, 0.6) is 5.75 Å². The zero-order valence-corrected chi connectivity index (χ0v) is 40.0. The summed E-state index contributed by atoms with van der Waals surface area (Å²) in [6, 6.07) is -2.23. The third-order valence-corrected chi connectivity index (χ3v) is 11.6. The molecular weight excluding hydrogens is 879 g/mol. The van der Waals surface area contributed by atoms with E-state index in [1.807, 2.05) is 13.8 Å². The fourth-order valence-corrected chi connectivity index (χ4v) is 7.70. The predicted octanol–water partition coefficient (Wildman–Crippen LogP) is -2.07. The van der Waals surface area contributed by atoms with E-state index in [4.69, 9.17) is 40.1 Å². The van der Waals surface area contributed by atoms with E-state index in [0.29, 0.717) is 31.2 Å². The average molecular weight is 958 g/mol. The number of primary amides is 1. The van der Waals surface area contributed by atoms with Gasteiger partial charge in [0.1, 0.15) is 42.0 Å². The van der Waals surface area contributed by atoms with Crippen LogP contribution >= 0.6 is 0 Å². The van der Waals surface area contributed by atoms with Gasteiger partial charge >= 0.3 is 0 Å². The van der Waals surface area contributed by atoms with Gasteiger partial charge in [-0.15, -0.1) is 0 Å². The largest absolute Gasteiger partial charge is 0.508 e. The maximum absolute atomic E-state index is 14.2. The molecule has 1 fully saturated rings. The van der Waals surface area contributed by atoms with Gasteiger partial charge in [0.15, 0.2) is 11.9 Å². The smallest absolute Gasteiger partial charge is 0.244 e. The van der Waals surface area contributed by atoms with Crippen molar-refractivity contribution in [2.24, 2.45) is 62.0 Å². The number of hydrogen-bond donors (Lipinski definition) is 14. The highest BCUT2D eigenvalue weighted by atomic mass is 16.3. The molecule has 382 valence electrons. The number of benzene rings is 1. The number of phenolic OH excluding ortho intramolecular Hbond substituents is 1. The van der Waals surface area contributed by atoms with Gasteiger partial charge in [-0.1, -0.05) is 71.4 Å². The Hall–Kier alpha value is -6.23. The fourth-order valence-electron chi connectivity index (χ4n) is 7.70. The van der Waals surface area contributed by atoms with Gasteiger partial charge in [0, 0.05) is 26.1 Å². The molecule has 23 heteroatoms. The monoisotopic (exact) mass is 958 g/mol. The van der Waals surface area contributed by atoms with E-state index in [2.05, 4.69) is 41.9 Å². The van der Waals surface area contributed by atoms with Gasteiger partial charge in [0.2, 0.25) is 41.4 Å². The zero-order chi connectivity index (χ0) is 50.8. The molecule has 0 radical (unpaired) electrons. The van der Waals surface area contributed by atoms with Crippen molar-refractivity contribution >= 4 is 53.3 Å². The van der Waals surface area contributed by atoms with Gasteiger partial charge in [-0.05, 0) is 80.9 Å². The number of aliphatic imine (C=N–C) groups is 2. The molecule has 68 heavy (non-hydrogen) atoms. The van der Waals surface area contributed by atoms with Crippen LogP contribution in [0.15, 0.2) is 34.3 Å². The van der Waals surface area contributed by atoms with Crippen molar-refractivity contribution < 1.29 is 38.7 Å². The van der Waals surface area contributed by atoms with Crippen LogP contribution in [0, 0.1) is 11.8 Å². The minimum Gasteiger partial charge on any atom is -0.508 e. The van der Waals surface area contributed by atoms with E-state index in [9.17, 15) is 38.7 Å². The quantitative estimate of drug-likeness (QED) is 0.0216. The third-order valence-electron chi connectivity index (χ3n) is 11.6. The highest BCUT2D eigenvalue weighted by molar-refractivity contribution is 5.97. The molecule has 0 aromatic heterocycles. The number of nitrogens with zero attached hydrogens (tertiary/aromatic N) is 2. The van der Waals surface area contributed by atoms with Crippen LogP contribution in [0.2, 0.25) is 0 Å². The average Bonchev–Trinajstić information content (AvgIpc) is 3.28. The van der Waals surface area contributed by atoms with Crippen molar-refractivity contribution in [3.63, 3.8) is 0 Å². The molecule has 0 bridgehead atoms. The molecular formula is C45H79N15O8. The molecule has 1 aromatic carbocycles. The van der Waals surface area contributed by atoms with Gasteiger partial charge in [-0.2, -0.15) is 0 Å². The standard InChI is InChI=1S/C45H79N15O8/c1-4-10-32(39(64)59-35(24-28-16-18-29(61)19-17-28)42(67)60-36(25-46)43(68)55-31(37(48)62)20-15-26(2)3)56-40(65)33(14-9-22-54-45(51)52)57-41(66)34(23-27-11-6-5-7-12-27)58-38(63)30(47)13-8-21-53-44(49)50/h16-19,26-27,30-36,61H,4-15,20-25,46-47H2,1-3H3,(H2,48,62)(H,55,68)(H,56,65)(H,57,66)(H,58,63)(H,59,64)(H,60,67)(H4,49,50,53)(H4,51,52,54)/t30-,31-,32-,33-,34-,35-,36-/m0/s1.